The summed E-state index contributed by atoms with van der Waals surface area (Å²) in [5, 5.41) is 0. The lowest BCUT2D eigenvalue weighted by atomic mass is 9.92. The number of nitrogens with zero attached hydrogens (tertiary/aromatic N) is 1. The van der Waals surface area contributed by atoms with Gasteiger partial charge in [-0.15, -0.1) is 0 Å². The molecular weight excluding hydrogens is 214 g/mol. The molecule has 1 aromatic heterocycles. The first-order valence-corrected chi connectivity index (χ1v) is 5.73. The van der Waals surface area contributed by atoms with Gasteiger partial charge in [-0.05, 0) is 23.6 Å². The second-order valence-corrected chi connectivity index (χ2v) is 4.34. The first-order chi connectivity index (χ1) is 8.29. The third kappa shape index (κ3) is 1.78. The molecule has 1 unspecified atom stereocenters. The van der Waals surface area contributed by atoms with Crippen molar-refractivity contribution in [2.75, 3.05) is 7.11 Å². The van der Waals surface area contributed by atoms with Crippen LogP contribution >= 0.6 is 0 Å². The molecule has 0 N–H and O–H groups in total. The SMILES string of the molecule is COC(=O)C1CC=CC=Cc2nc3c(cc21)C3. The molecule has 0 fully saturated rings. The van der Waals surface area contributed by atoms with E-state index in [1.165, 1.54) is 12.7 Å². The van der Waals surface area contributed by atoms with Crippen molar-refractivity contribution in [3.8, 4) is 0 Å². The van der Waals surface area contributed by atoms with Crippen LogP contribution in [0.2, 0.25) is 0 Å². The molecule has 0 saturated carbocycles. The summed E-state index contributed by atoms with van der Waals surface area (Å²) in [5.41, 5.74) is 4.31. The van der Waals surface area contributed by atoms with E-state index >= 15 is 0 Å². The van der Waals surface area contributed by atoms with Crippen molar-refractivity contribution in [3.05, 3.63) is 46.8 Å². The molecule has 0 aliphatic heterocycles. The molecule has 1 atom stereocenters. The quantitative estimate of drug-likeness (QED) is 0.701. The van der Waals surface area contributed by atoms with Gasteiger partial charge in [-0.2, -0.15) is 0 Å². The molecule has 1 heterocycles. The highest BCUT2D eigenvalue weighted by Gasteiger charge is 2.28. The average Bonchev–Trinajstić information content (AvgIpc) is 3.06. The molecular formula is C14H13NO2. The summed E-state index contributed by atoms with van der Waals surface area (Å²) >= 11 is 0. The van der Waals surface area contributed by atoms with E-state index in [1.807, 2.05) is 24.3 Å². The Kier molecular flexibility index (Phi) is 2.32. The minimum Gasteiger partial charge on any atom is -0.469 e. The zero-order chi connectivity index (χ0) is 11.8. The van der Waals surface area contributed by atoms with E-state index in [9.17, 15) is 4.79 Å². The van der Waals surface area contributed by atoms with Gasteiger partial charge in [0.1, 0.15) is 0 Å². The minimum atomic E-state index is -0.227. The van der Waals surface area contributed by atoms with Gasteiger partial charge in [0, 0.05) is 12.1 Å². The normalized spacial score (nSPS) is 19.9. The smallest absolute Gasteiger partial charge is 0.313 e. The number of pyridine rings is 1. The van der Waals surface area contributed by atoms with Crippen molar-refractivity contribution in [1.29, 1.82) is 0 Å². The molecule has 3 rings (SSSR count). The van der Waals surface area contributed by atoms with Crippen LogP contribution in [0.4, 0.5) is 0 Å². The predicted octanol–water partition coefficient (Wildman–Crippen LogP) is 2.22. The molecule has 3 nitrogen and oxygen atoms in total. The largest absolute Gasteiger partial charge is 0.469 e. The van der Waals surface area contributed by atoms with Crippen LogP contribution in [0.1, 0.15) is 34.9 Å². The highest BCUT2D eigenvalue weighted by molar-refractivity contribution is 5.80. The lowest BCUT2D eigenvalue weighted by Crippen LogP contribution is -2.15. The maximum absolute atomic E-state index is 11.8. The number of allylic oxidation sites excluding steroid dienone is 3. The van der Waals surface area contributed by atoms with Gasteiger partial charge in [-0.3, -0.25) is 9.78 Å². The van der Waals surface area contributed by atoms with Gasteiger partial charge < -0.3 is 4.74 Å². The average molecular weight is 227 g/mol. The molecule has 0 saturated heterocycles. The zero-order valence-electron chi connectivity index (χ0n) is 9.64. The van der Waals surface area contributed by atoms with Crippen molar-refractivity contribution in [2.45, 2.75) is 18.8 Å². The van der Waals surface area contributed by atoms with Gasteiger partial charge in [0.05, 0.1) is 18.7 Å². The number of rotatable bonds is 1. The number of carbonyl (C=O) groups is 1. The van der Waals surface area contributed by atoms with E-state index in [0.29, 0.717) is 6.42 Å². The number of fused-ring (bicyclic) bond motifs is 2. The Morgan fingerprint density at radius 1 is 1.47 bits per heavy atom. The van der Waals surface area contributed by atoms with E-state index in [0.717, 1.165) is 23.4 Å². The number of ether oxygens (including phenoxy) is 1. The van der Waals surface area contributed by atoms with Crippen LogP contribution in [-0.2, 0) is 16.0 Å². The third-order valence-corrected chi connectivity index (χ3v) is 3.22. The Hall–Kier alpha value is -1.90. The molecule has 0 aromatic carbocycles. The van der Waals surface area contributed by atoms with Gasteiger partial charge in [0.15, 0.2) is 0 Å². The van der Waals surface area contributed by atoms with Gasteiger partial charge >= 0.3 is 5.97 Å². The van der Waals surface area contributed by atoms with Crippen LogP contribution in [0.25, 0.3) is 6.08 Å². The molecule has 0 spiro atoms. The highest BCUT2D eigenvalue weighted by Crippen LogP contribution is 2.34. The maximum Gasteiger partial charge on any atom is 0.313 e. The second-order valence-electron chi connectivity index (χ2n) is 4.34. The molecule has 0 amide bonds. The van der Waals surface area contributed by atoms with Crippen molar-refractivity contribution in [1.82, 2.24) is 4.98 Å². The molecule has 17 heavy (non-hydrogen) atoms. The van der Waals surface area contributed by atoms with Gasteiger partial charge in [-0.1, -0.05) is 24.3 Å². The number of hydrogen-bond donors (Lipinski definition) is 0. The highest BCUT2D eigenvalue weighted by atomic mass is 16.5. The lowest BCUT2D eigenvalue weighted by molar-refractivity contribution is -0.142. The van der Waals surface area contributed by atoms with Crippen LogP contribution in [0.3, 0.4) is 0 Å². The summed E-state index contributed by atoms with van der Waals surface area (Å²) in [5.74, 6) is -0.414. The van der Waals surface area contributed by atoms with E-state index in [2.05, 4.69) is 11.1 Å². The third-order valence-electron chi connectivity index (χ3n) is 3.22. The van der Waals surface area contributed by atoms with Crippen LogP contribution in [0.5, 0.6) is 0 Å². The Labute approximate surface area is 99.8 Å². The van der Waals surface area contributed by atoms with E-state index < -0.39 is 0 Å². The van der Waals surface area contributed by atoms with Crippen LogP contribution < -0.4 is 0 Å². The first-order valence-electron chi connectivity index (χ1n) is 5.73. The van der Waals surface area contributed by atoms with Crippen molar-refractivity contribution >= 4 is 12.0 Å². The Morgan fingerprint density at radius 2 is 2.35 bits per heavy atom. The number of esters is 1. The fraction of sp³-hybridized carbons (Fsp3) is 0.286. The Balaban J connectivity index is 2.10. The van der Waals surface area contributed by atoms with Gasteiger partial charge in [-0.25, -0.2) is 0 Å². The van der Waals surface area contributed by atoms with Crippen molar-refractivity contribution in [2.24, 2.45) is 0 Å². The first kappa shape index (κ1) is 10.3. The lowest BCUT2D eigenvalue weighted by Gasteiger charge is -2.15. The second kappa shape index (κ2) is 3.84. The monoisotopic (exact) mass is 227 g/mol. The summed E-state index contributed by atoms with van der Waals surface area (Å²) in [7, 11) is 1.43. The Bertz CT molecular complexity index is 543. The minimum absolute atomic E-state index is 0.186. The summed E-state index contributed by atoms with van der Waals surface area (Å²) in [4.78, 5) is 16.4. The Morgan fingerprint density at radius 3 is 3.18 bits per heavy atom. The number of hydrogen-bond acceptors (Lipinski definition) is 3. The fourth-order valence-corrected chi connectivity index (χ4v) is 2.20. The standard InChI is InChI=1S/C14H13NO2/c1-17-14(16)10-5-3-2-4-6-12-11(10)7-9-8-13(9)15-12/h2-4,6-7,10H,5,8H2,1H3. The van der Waals surface area contributed by atoms with Gasteiger partial charge in [0.25, 0.3) is 0 Å². The summed E-state index contributed by atoms with van der Waals surface area (Å²) < 4.78 is 4.88. The zero-order valence-corrected chi connectivity index (χ0v) is 9.64. The molecule has 0 bridgehead atoms. The maximum atomic E-state index is 11.8. The summed E-state index contributed by atoms with van der Waals surface area (Å²) in [6.45, 7) is 0. The van der Waals surface area contributed by atoms with Crippen molar-refractivity contribution in [3.63, 3.8) is 0 Å². The number of methoxy groups -OCH3 is 1. The van der Waals surface area contributed by atoms with Crippen LogP contribution in [0, 0.1) is 0 Å². The van der Waals surface area contributed by atoms with Gasteiger partial charge in [0.2, 0.25) is 0 Å². The van der Waals surface area contributed by atoms with E-state index in [4.69, 9.17) is 4.74 Å². The molecule has 3 heteroatoms. The predicted molar refractivity (Wildman–Crippen MR) is 64.6 cm³/mol. The molecule has 0 radical (unpaired) electrons. The van der Waals surface area contributed by atoms with E-state index in [-0.39, 0.29) is 11.9 Å². The van der Waals surface area contributed by atoms with Crippen LogP contribution in [-0.4, -0.2) is 18.1 Å². The summed E-state index contributed by atoms with van der Waals surface area (Å²) in [6.07, 6.45) is 9.50. The fourth-order valence-electron chi connectivity index (χ4n) is 2.20. The molecule has 2 aliphatic rings. The molecule has 86 valence electrons. The number of aromatic nitrogens is 1. The van der Waals surface area contributed by atoms with Crippen LogP contribution in [0.15, 0.2) is 24.3 Å². The number of carbonyl (C=O) groups excluding carboxylic acids is 1. The van der Waals surface area contributed by atoms with Crippen molar-refractivity contribution < 1.29 is 9.53 Å². The topological polar surface area (TPSA) is 39.2 Å². The molecule has 1 aromatic rings. The van der Waals surface area contributed by atoms with E-state index in [1.54, 1.807) is 0 Å². The molecule has 2 aliphatic carbocycles. The summed E-state index contributed by atoms with van der Waals surface area (Å²) in [6, 6.07) is 2.10.